The lowest BCUT2D eigenvalue weighted by Crippen LogP contribution is -2.20. The molecule has 156 valence electrons. The number of alkyl halides is 1. The van der Waals surface area contributed by atoms with Crippen molar-refractivity contribution in [3.05, 3.63) is 57.0 Å². The molecule has 2 aromatic rings. The number of rotatable bonds is 5. The fourth-order valence-corrected chi connectivity index (χ4v) is 3.02. The second kappa shape index (κ2) is 12.7. The minimum atomic E-state index is -1.13. The number of esters is 3. The van der Waals surface area contributed by atoms with Gasteiger partial charge in [-0.15, -0.1) is 0 Å². The molecule has 0 spiro atoms. The Morgan fingerprint density at radius 2 is 1.34 bits per heavy atom. The Labute approximate surface area is 192 Å². The molecule has 2 heterocycles. The van der Waals surface area contributed by atoms with Crippen LogP contribution in [-0.2, 0) is 28.6 Å². The zero-order valence-corrected chi connectivity index (χ0v) is 20.4. The Morgan fingerprint density at radius 3 is 1.79 bits per heavy atom. The highest BCUT2D eigenvalue weighted by molar-refractivity contribution is 9.10. The van der Waals surface area contributed by atoms with Crippen molar-refractivity contribution in [2.45, 2.75) is 17.9 Å². The summed E-state index contributed by atoms with van der Waals surface area (Å²) in [5, 5.41) is 0. The third-order valence-corrected chi connectivity index (χ3v) is 4.84. The van der Waals surface area contributed by atoms with Crippen LogP contribution in [0, 0.1) is 0 Å². The molecular weight excluding hydrogens is 580 g/mol. The molecule has 2 rings (SSSR count). The van der Waals surface area contributed by atoms with Crippen molar-refractivity contribution in [1.29, 1.82) is 0 Å². The highest BCUT2D eigenvalue weighted by Gasteiger charge is 2.26. The van der Waals surface area contributed by atoms with E-state index in [2.05, 4.69) is 67.2 Å². The van der Waals surface area contributed by atoms with Gasteiger partial charge in [0.15, 0.2) is 4.83 Å². The number of hydrogen-bond acceptors (Lipinski definition) is 8. The smallest absolute Gasteiger partial charge is 0.353 e. The summed E-state index contributed by atoms with van der Waals surface area (Å²) in [6, 6.07) is 10.3. The maximum Gasteiger partial charge on any atom is 0.353 e. The van der Waals surface area contributed by atoms with Crippen LogP contribution in [0.2, 0.25) is 0 Å². The molecule has 0 aliphatic rings. The fraction of sp³-hybridized carbons (Fsp3) is 0.278. The van der Waals surface area contributed by atoms with Gasteiger partial charge >= 0.3 is 17.9 Å². The summed E-state index contributed by atoms with van der Waals surface area (Å²) < 4.78 is 15.2. The van der Waals surface area contributed by atoms with E-state index in [1.165, 1.54) is 21.1 Å². The number of ether oxygens (including phenoxy) is 3. The van der Waals surface area contributed by atoms with Crippen LogP contribution in [0.4, 0.5) is 0 Å². The van der Waals surface area contributed by atoms with Crippen LogP contribution in [0.25, 0.3) is 0 Å². The van der Waals surface area contributed by atoms with Gasteiger partial charge in [-0.2, -0.15) is 0 Å². The van der Waals surface area contributed by atoms with E-state index in [-0.39, 0.29) is 5.97 Å². The van der Waals surface area contributed by atoms with Crippen LogP contribution in [0.3, 0.4) is 0 Å². The van der Waals surface area contributed by atoms with Crippen molar-refractivity contribution >= 4 is 65.7 Å². The van der Waals surface area contributed by atoms with Crippen molar-refractivity contribution in [3.8, 4) is 0 Å². The number of halogens is 3. The maximum atomic E-state index is 11.4. The van der Waals surface area contributed by atoms with E-state index in [0.29, 0.717) is 20.6 Å². The van der Waals surface area contributed by atoms with Gasteiger partial charge in [-0.3, -0.25) is 9.59 Å². The third kappa shape index (κ3) is 8.58. The van der Waals surface area contributed by atoms with Gasteiger partial charge in [-0.05, 0) is 56.1 Å². The molecule has 0 amide bonds. The van der Waals surface area contributed by atoms with E-state index in [1.807, 2.05) is 6.07 Å². The van der Waals surface area contributed by atoms with Crippen molar-refractivity contribution in [2.75, 3.05) is 14.2 Å². The monoisotopic (exact) mass is 594 g/mol. The van der Waals surface area contributed by atoms with Gasteiger partial charge < -0.3 is 14.2 Å². The minimum absolute atomic E-state index is 0.316. The van der Waals surface area contributed by atoms with Crippen LogP contribution >= 0.6 is 47.8 Å². The molecule has 29 heavy (non-hydrogen) atoms. The van der Waals surface area contributed by atoms with Gasteiger partial charge in [-0.1, -0.05) is 28.1 Å². The molecule has 2 aromatic heterocycles. The summed E-state index contributed by atoms with van der Waals surface area (Å²) in [7, 11) is 2.56. The van der Waals surface area contributed by atoms with E-state index in [9.17, 15) is 14.4 Å². The molecule has 0 aromatic carbocycles. The minimum Gasteiger partial charge on any atom is -0.468 e. The second-order valence-corrected chi connectivity index (χ2v) is 7.71. The molecule has 0 aliphatic carbocycles. The second-order valence-electron chi connectivity index (χ2n) is 5.17. The van der Waals surface area contributed by atoms with Gasteiger partial charge in [0.05, 0.1) is 25.6 Å². The van der Waals surface area contributed by atoms with E-state index >= 15 is 0 Å². The summed E-state index contributed by atoms with van der Waals surface area (Å²) in [6.45, 7) is 1.22. The molecule has 0 saturated heterocycles. The predicted octanol–water partition coefficient (Wildman–Crippen LogP) is 4.07. The fourth-order valence-electron chi connectivity index (χ4n) is 1.86. The van der Waals surface area contributed by atoms with E-state index in [4.69, 9.17) is 4.74 Å². The van der Waals surface area contributed by atoms with Crippen LogP contribution in [0.15, 0.2) is 45.6 Å². The molecule has 0 aliphatic heterocycles. The summed E-state index contributed by atoms with van der Waals surface area (Å²) in [4.78, 5) is 41.0. The lowest BCUT2D eigenvalue weighted by atomic mass is 10.2. The summed E-state index contributed by atoms with van der Waals surface area (Å²) in [5.41, 5.74) is 0.942. The average Bonchev–Trinajstić information content (AvgIpc) is 2.70. The molecule has 0 radical (unpaired) electrons. The number of carbonyl (C=O) groups is 3. The van der Waals surface area contributed by atoms with Gasteiger partial charge in [0.2, 0.25) is 6.10 Å². The number of nitrogens with zero attached hydrogens (tertiary/aromatic N) is 2. The molecule has 0 fully saturated rings. The summed E-state index contributed by atoms with van der Waals surface area (Å²) in [6.07, 6.45) is -1.13. The van der Waals surface area contributed by atoms with Crippen molar-refractivity contribution in [1.82, 2.24) is 9.97 Å². The number of hydrogen-bond donors (Lipinski definition) is 0. The first kappa shape index (κ1) is 25.2. The van der Waals surface area contributed by atoms with Crippen LogP contribution in [0.1, 0.15) is 29.2 Å². The summed E-state index contributed by atoms with van der Waals surface area (Å²) in [5.74, 6) is -1.59. The van der Waals surface area contributed by atoms with E-state index < -0.39 is 22.9 Å². The average molecular weight is 597 g/mol. The van der Waals surface area contributed by atoms with Crippen molar-refractivity contribution < 1.29 is 28.6 Å². The van der Waals surface area contributed by atoms with Crippen LogP contribution in [-0.4, -0.2) is 42.1 Å². The lowest BCUT2D eigenvalue weighted by Gasteiger charge is -2.13. The Bertz CT molecular complexity index is 865. The van der Waals surface area contributed by atoms with Gasteiger partial charge in [0.1, 0.15) is 9.21 Å². The van der Waals surface area contributed by atoms with Crippen LogP contribution < -0.4 is 0 Å². The molecule has 8 nitrogen and oxygen atoms in total. The maximum absolute atomic E-state index is 11.4. The van der Waals surface area contributed by atoms with Gasteiger partial charge in [0.25, 0.3) is 0 Å². The highest BCUT2D eigenvalue weighted by atomic mass is 79.9. The van der Waals surface area contributed by atoms with Crippen LogP contribution in [0.5, 0.6) is 0 Å². The third-order valence-electron chi connectivity index (χ3n) is 3.11. The quantitative estimate of drug-likeness (QED) is 0.220. The number of methoxy groups -OCH3 is 2. The van der Waals surface area contributed by atoms with E-state index in [1.54, 1.807) is 30.3 Å². The topological polar surface area (TPSA) is 105 Å². The standard InChI is InChI=1S/C10H10BrNO4.C8H7Br2NO2/c1-6(13)16-9(10(14)15-2)7-4-3-5-8(11)12-7;1-13-8(12)7(10)5-3-2-4-6(9)11-5/h3-5,9H,1-2H3;2-4,7H,1H3. The molecule has 0 N–H and O–H groups in total. The molecular formula is C18H17Br3N2O6. The highest BCUT2D eigenvalue weighted by Crippen LogP contribution is 2.23. The molecule has 0 saturated carbocycles. The van der Waals surface area contributed by atoms with Crippen molar-refractivity contribution in [2.24, 2.45) is 0 Å². The molecule has 2 atom stereocenters. The van der Waals surface area contributed by atoms with E-state index in [0.717, 1.165) is 0 Å². The largest absolute Gasteiger partial charge is 0.468 e. The summed E-state index contributed by atoms with van der Waals surface area (Å²) >= 11 is 9.57. The molecule has 0 bridgehead atoms. The molecule has 11 heteroatoms. The number of pyridine rings is 2. The lowest BCUT2D eigenvalue weighted by molar-refractivity contribution is -0.165. The number of carbonyl (C=O) groups excluding carboxylic acids is 3. The predicted molar refractivity (Wildman–Crippen MR) is 114 cm³/mol. The zero-order chi connectivity index (χ0) is 22.0. The van der Waals surface area contributed by atoms with Gasteiger partial charge in [0, 0.05) is 6.92 Å². The van der Waals surface area contributed by atoms with Crippen molar-refractivity contribution in [3.63, 3.8) is 0 Å². The first-order valence-electron chi connectivity index (χ1n) is 7.91. The Hall–Kier alpha value is -1.85. The Kier molecular flexibility index (Phi) is 11.0. The van der Waals surface area contributed by atoms with Gasteiger partial charge in [-0.25, -0.2) is 14.8 Å². The first-order chi connectivity index (χ1) is 13.7. The normalized spacial score (nSPS) is 11.9. The Balaban J connectivity index is 0.000000296. The zero-order valence-electron chi connectivity index (χ0n) is 15.6. The first-order valence-corrected chi connectivity index (χ1v) is 10.4. The molecule has 2 unspecified atom stereocenters. The Morgan fingerprint density at radius 1 is 0.862 bits per heavy atom. The number of aromatic nitrogens is 2. The SMILES string of the molecule is COC(=O)C(Br)c1cccc(Br)n1.COC(=O)C(OC(C)=O)c1cccc(Br)n1.